The minimum atomic E-state index is -0.347. The van der Waals surface area contributed by atoms with E-state index >= 15 is 0 Å². The summed E-state index contributed by atoms with van der Waals surface area (Å²) in [6.45, 7) is 1.10. The first-order valence-electron chi connectivity index (χ1n) is 4.32. The van der Waals surface area contributed by atoms with Crippen molar-refractivity contribution in [1.82, 2.24) is 4.90 Å². The van der Waals surface area contributed by atoms with Crippen molar-refractivity contribution in [2.45, 2.75) is 31.4 Å². The Morgan fingerprint density at radius 3 is 2.64 bits per heavy atom. The lowest BCUT2D eigenvalue weighted by atomic mass is 9.92. The molecule has 0 radical (unpaired) electrons. The average Bonchev–Trinajstić information content (AvgIpc) is 1.83. The lowest BCUT2D eigenvalue weighted by molar-refractivity contribution is 0.0822. The van der Waals surface area contributed by atoms with Crippen molar-refractivity contribution >= 4 is 0 Å². The highest BCUT2D eigenvalue weighted by atomic mass is 16.3. The molecule has 1 aliphatic rings. The van der Waals surface area contributed by atoms with E-state index in [1.165, 1.54) is 19.3 Å². The molecule has 0 amide bonds. The normalized spacial score (nSPS) is 21.8. The molecule has 0 aliphatic heterocycles. The van der Waals surface area contributed by atoms with Gasteiger partial charge in [-0.3, -0.25) is 0 Å². The molecule has 3 N–H and O–H groups in total. The molecule has 0 unspecified atom stereocenters. The Hall–Kier alpha value is -0.120. The summed E-state index contributed by atoms with van der Waals surface area (Å²) < 4.78 is 0. The van der Waals surface area contributed by atoms with Gasteiger partial charge < -0.3 is 15.7 Å². The van der Waals surface area contributed by atoms with Crippen LogP contribution < -0.4 is 5.73 Å². The number of nitrogens with zero attached hydrogens (tertiary/aromatic N) is 1. The van der Waals surface area contributed by atoms with Crippen LogP contribution in [0, 0.1) is 0 Å². The number of hydrogen-bond donors (Lipinski definition) is 2. The van der Waals surface area contributed by atoms with Gasteiger partial charge in [-0.15, -0.1) is 0 Å². The summed E-state index contributed by atoms with van der Waals surface area (Å²) in [7, 11) is 2.06. The lowest BCUT2D eigenvalue weighted by Crippen LogP contribution is -2.43. The van der Waals surface area contributed by atoms with Crippen LogP contribution in [-0.4, -0.2) is 42.3 Å². The summed E-state index contributed by atoms with van der Waals surface area (Å²) >= 11 is 0. The molecule has 0 aromatic heterocycles. The Labute approximate surface area is 68.2 Å². The van der Waals surface area contributed by atoms with Crippen molar-refractivity contribution in [3.8, 4) is 0 Å². The van der Waals surface area contributed by atoms with Crippen LogP contribution in [0.15, 0.2) is 0 Å². The van der Waals surface area contributed by atoms with E-state index in [4.69, 9.17) is 5.73 Å². The van der Waals surface area contributed by atoms with Gasteiger partial charge in [-0.05, 0) is 19.9 Å². The van der Waals surface area contributed by atoms with Crippen LogP contribution in [-0.2, 0) is 0 Å². The van der Waals surface area contributed by atoms with Crippen LogP contribution in [0.5, 0.6) is 0 Å². The lowest BCUT2D eigenvalue weighted by Gasteiger charge is -2.35. The van der Waals surface area contributed by atoms with Crippen LogP contribution in [0.25, 0.3) is 0 Å². The predicted octanol–water partition coefficient (Wildman–Crippen LogP) is -0.210. The Morgan fingerprint density at radius 1 is 1.64 bits per heavy atom. The third kappa shape index (κ3) is 2.43. The smallest absolute Gasteiger partial charge is 0.0789 e. The number of likely N-dealkylation sites (N-methyl/N-ethyl adjacent to an activating group) is 1. The van der Waals surface area contributed by atoms with E-state index in [0.29, 0.717) is 12.6 Å². The standard InChI is InChI=1S/C8H18N2O/c1-10(6-8(11)5-9)7-3-2-4-7/h7-8,11H,2-6,9H2,1H3/t8-/m1/s1. The maximum Gasteiger partial charge on any atom is 0.0789 e. The SMILES string of the molecule is CN(C[C@H](O)CN)C1CCC1. The van der Waals surface area contributed by atoms with E-state index in [0.717, 1.165) is 6.54 Å². The van der Waals surface area contributed by atoms with Crippen molar-refractivity contribution in [3.05, 3.63) is 0 Å². The monoisotopic (exact) mass is 158 g/mol. The fraction of sp³-hybridized carbons (Fsp3) is 1.00. The maximum atomic E-state index is 9.23. The van der Waals surface area contributed by atoms with Crippen LogP contribution >= 0.6 is 0 Å². The molecule has 3 heteroatoms. The molecule has 0 aromatic carbocycles. The van der Waals surface area contributed by atoms with Crippen molar-refractivity contribution in [3.63, 3.8) is 0 Å². The van der Waals surface area contributed by atoms with E-state index in [1.807, 2.05) is 0 Å². The summed E-state index contributed by atoms with van der Waals surface area (Å²) in [5.41, 5.74) is 5.30. The largest absolute Gasteiger partial charge is 0.390 e. The molecule has 1 atom stereocenters. The maximum absolute atomic E-state index is 9.23. The Kier molecular flexibility index (Phi) is 3.30. The van der Waals surface area contributed by atoms with Crippen molar-refractivity contribution in [2.75, 3.05) is 20.1 Å². The van der Waals surface area contributed by atoms with Gasteiger partial charge in [0.25, 0.3) is 0 Å². The Morgan fingerprint density at radius 2 is 2.27 bits per heavy atom. The minimum Gasteiger partial charge on any atom is -0.390 e. The second-order valence-electron chi connectivity index (χ2n) is 3.41. The molecular weight excluding hydrogens is 140 g/mol. The molecule has 0 aromatic rings. The molecular formula is C8H18N2O. The zero-order valence-electron chi connectivity index (χ0n) is 7.16. The third-order valence-electron chi connectivity index (χ3n) is 2.47. The second-order valence-corrected chi connectivity index (χ2v) is 3.41. The number of nitrogens with two attached hydrogens (primary N) is 1. The second kappa shape index (κ2) is 4.04. The van der Waals surface area contributed by atoms with Gasteiger partial charge in [0.05, 0.1) is 6.10 Å². The first-order chi connectivity index (χ1) is 5.24. The van der Waals surface area contributed by atoms with E-state index in [1.54, 1.807) is 0 Å². The van der Waals surface area contributed by atoms with E-state index in [-0.39, 0.29) is 6.10 Å². The van der Waals surface area contributed by atoms with Gasteiger partial charge in [0.15, 0.2) is 0 Å². The van der Waals surface area contributed by atoms with Gasteiger partial charge >= 0.3 is 0 Å². The minimum absolute atomic E-state index is 0.347. The first-order valence-corrected chi connectivity index (χ1v) is 4.32. The number of rotatable bonds is 4. The first kappa shape index (κ1) is 8.97. The summed E-state index contributed by atoms with van der Waals surface area (Å²) in [5.74, 6) is 0. The molecule has 0 spiro atoms. The Balaban J connectivity index is 2.13. The summed E-state index contributed by atoms with van der Waals surface area (Å²) in [4.78, 5) is 2.21. The van der Waals surface area contributed by atoms with Gasteiger partial charge in [0, 0.05) is 19.1 Å². The van der Waals surface area contributed by atoms with Crippen molar-refractivity contribution in [1.29, 1.82) is 0 Å². The highest BCUT2D eigenvalue weighted by Crippen LogP contribution is 2.23. The highest BCUT2D eigenvalue weighted by molar-refractivity contribution is 4.79. The summed E-state index contributed by atoms with van der Waals surface area (Å²) in [6.07, 6.45) is 3.57. The zero-order valence-corrected chi connectivity index (χ0v) is 7.16. The van der Waals surface area contributed by atoms with Crippen molar-refractivity contribution in [2.24, 2.45) is 5.73 Å². The van der Waals surface area contributed by atoms with E-state index < -0.39 is 0 Å². The van der Waals surface area contributed by atoms with Gasteiger partial charge in [0.2, 0.25) is 0 Å². The van der Waals surface area contributed by atoms with Gasteiger partial charge in [-0.25, -0.2) is 0 Å². The van der Waals surface area contributed by atoms with Gasteiger partial charge in [-0.2, -0.15) is 0 Å². The number of aliphatic hydroxyl groups excluding tert-OH is 1. The van der Waals surface area contributed by atoms with Gasteiger partial charge in [-0.1, -0.05) is 6.42 Å². The van der Waals surface area contributed by atoms with Crippen LogP contribution in [0.2, 0.25) is 0 Å². The number of hydrogen-bond acceptors (Lipinski definition) is 3. The van der Waals surface area contributed by atoms with Gasteiger partial charge in [0.1, 0.15) is 0 Å². The van der Waals surface area contributed by atoms with Crippen molar-refractivity contribution < 1.29 is 5.11 Å². The molecule has 1 saturated carbocycles. The quantitative estimate of drug-likeness (QED) is 0.595. The van der Waals surface area contributed by atoms with Crippen LogP contribution in [0.1, 0.15) is 19.3 Å². The fourth-order valence-corrected chi connectivity index (χ4v) is 1.38. The molecule has 1 rings (SSSR count). The highest BCUT2D eigenvalue weighted by Gasteiger charge is 2.22. The number of aliphatic hydroxyl groups is 1. The molecule has 0 bridgehead atoms. The molecule has 0 saturated heterocycles. The molecule has 3 nitrogen and oxygen atoms in total. The van der Waals surface area contributed by atoms with E-state index in [9.17, 15) is 5.11 Å². The fourth-order valence-electron chi connectivity index (χ4n) is 1.38. The average molecular weight is 158 g/mol. The molecule has 1 fully saturated rings. The van der Waals surface area contributed by atoms with Crippen LogP contribution in [0.4, 0.5) is 0 Å². The third-order valence-corrected chi connectivity index (χ3v) is 2.47. The molecule has 11 heavy (non-hydrogen) atoms. The molecule has 0 heterocycles. The summed E-state index contributed by atoms with van der Waals surface area (Å²) in [5, 5.41) is 9.23. The molecule has 66 valence electrons. The molecule has 1 aliphatic carbocycles. The van der Waals surface area contributed by atoms with E-state index in [2.05, 4.69) is 11.9 Å². The topological polar surface area (TPSA) is 49.5 Å². The van der Waals surface area contributed by atoms with Crippen LogP contribution in [0.3, 0.4) is 0 Å². The predicted molar refractivity (Wildman–Crippen MR) is 45.3 cm³/mol. The zero-order chi connectivity index (χ0) is 8.27. The Bertz CT molecular complexity index is 115. The summed E-state index contributed by atoms with van der Waals surface area (Å²) in [6, 6.07) is 0.705.